The highest BCUT2D eigenvalue weighted by Gasteiger charge is 2.13. The minimum absolute atomic E-state index is 0.864. The Bertz CT molecular complexity index is 106. The number of halogens is 1. The van der Waals surface area contributed by atoms with Gasteiger partial charge in [-0.2, -0.15) is 0 Å². The van der Waals surface area contributed by atoms with Crippen LogP contribution in [0.5, 0.6) is 0 Å². The summed E-state index contributed by atoms with van der Waals surface area (Å²) in [5.74, 6) is 0.864. The van der Waals surface area contributed by atoms with Gasteiger partial charge in [-0.1, -0.05) is 35.7 Å². The van der Waals surface area contributed by atoms with E-state index in [9.17, 15) is 0 Å². The molecule has 0 amide bonds. The Balaban J connectivity index is 2.18. The third kappa shape index (κ3) is 3.44. The van der Waals surface area contributed by atoms with E-state index in [4.69, 9.17) is 0 Å². The molecule has 12 heavy (non-hydrogen) atoms. The zero-order valence-corrected chi connectivity index (χ0v) is 9.65. The quantitative estimate of drug-likeness (QED) is 0.676. The van der Waals surface area contributed by atoms with Crippen LogP contribution in [0.1, 0.15) is 32.6 Å². The third-order valence-electron chi connectivity index (χ3n) is 2.76. The van der Waals surface area contributed by atoms with Gasteiger partial charge in [-0.05, 0) is 31.8 Å². The van der Waals surface area contributed by atoms with Crippen LogP contribution in [0.3, 0.4) is 0 Å². The number of rotatable bonds is 4. The zero-order valence-electron chi connectivity index (χ0n) is 8.06. The normalized spacial score (nSPS) is 22.5. The van der Waals surface area contributed by atoms with E-state index in [1.165, 1.54) is 50.6 Å². The topological polar surface area (TPSA) is 3.24 Å². The largest absolute Gasteiger partial charge is 0.303 e. The van der Waals surface area contributed by atoms with Crippen LogP contribution in [-0.4, -0.2) is 29.9 Å². The Labute approximate surface area is 84.6 Å². The molecule has 0 saturated carbocycles. The highest BCUT2D eigenvalue weighted by atomic mass is 79.9. The summed E-state index contributed by atoms with van der Waals surface area (Å²) in [7, 11) is 0. The van der Waals surface area contributed by atoms with Gasteiger partial charge in [-0.15, -0.1) is 0 Å². The summed E-state index contributed by atoms with van der Waals surface area (Å²) in [6, 6.07) is 0. The maximum absolute atomic E-state index is 3.58. The van der Waals surface area contributed by atoms with Crippen LogP contribution in [0, 0.1) is 5.92 Å². The first kappa shape index (κ1) is 10.5. The fourth-order valence-corrected chi connectivity index (χ4v) is 2.46. The molecule has 2 heteroatoms. The molecule has 1 aliphatic heterocycles. The first-order chi connectivity index (χ1) is 5.86. The molecular weight excluding hydrogens is 214 g/mol. The molecule has 72 valence electrons. The molecule has 1 heterocycles. The number of nitrogens with zero attached hydrogens (tertiary/aromatic N) is 1. The van der Waals surface area contributed by atoms with Crippen LogP contribution < -0.4 is 0 Å². The lowest BCUT2D eigenvalue weighted by Gasteiger charge is -2.29. The Hall–Kier alpha value is 0.440. The summed E-state index contributed by atoms with van der Waals surface area (Å²) in [5, 5.41) is 1.17. The maximum Gasteiger partial charge on any atom is 0.00717 e. The van der Waals surface area contributed by atoms with Crippen LogP contribution in [-0.2, 0) is 0 Å². The van der Waals surface area contributed by atoms with E-state index >= 15 is 0 Å². The summed E-state index contributed by atoms with van der Waals surface area (Å²) in [6.07, 6.45) is 5.58. The minimum atomic E-state index is 0.864. The minimum Gasteiger partial charge on any atom is -0.303 e. The van der Waals surface area contributed by atoms with E-state index in [0.717, 1.165) is 5.92 Å². The zero-order chi connectivity index (χ0) is 8.81. The smallest absolute Gasteiger partial charge is 0.00717 e. The Morgan fingerprint density at radius 1 is 1.25 bits per heavy atom. The Morgan fingerprint density at radius 3 is 2.42 bits per heavy atom. The van der Waals surface area contributed by atoms with Gasteiger partial charge in [0.1, 0.15) is 0 Å². The molecule has 0 bridgehead atoms. The average Bonchev–Trinajstić information content (AvgIpc) is 2.16. The van der Waals surface area contributed by atoms with E-state index in [-0.39, 0.29) is 0 Å². The van der Waals surface area contributed by atoms with Crippen molar-refractivity contribution in [1.82, 2.24) is 4.90 Å². The lowest BCUT2D eigenvalue weighted by atomic mass is 10.1. The second-order valence-corrected chi connectivity index (χ2v) is 4.44. The summed E-state index contributed by atoms with van der Waals surface area (Å²) in [5.41, 5.74) is 0. The van der Waals surface area contributed by atoms with Crippen molar-refractivity contribution in [2.24, 2.45) is 5.92 Å². The molecule has 0 spiro atoms. The molecule has 1 aliphatic rings. The number of piperidine rings is 1. The molecule has 0 aliphatic carbocycles. The highest BCUT2D eigenvalue weighted by molar-refractivity contribution is 9.09. The van der Waals surface area contributed by atoms with Crippen molar-refractivity contribution in [3.63, 3.8) is 0 Å². The van der Waals surface area contributed by atoms with E-state index in [1.807, 2.05) is 0 Å². The van der Waals surface area contributed by atoms with Crippen LogP contribution in [0.25, 0.3) is 0 Å². The first-order valence-electron chi connectivity index (χ1n) is 5.15. The highest BCUT2D eigenvalue weighted by Crippen LogP contribution is 2.14. The molecule has 1 unspecified atom stereocenters. The maximum atomic E-state index is 3.58. The van der Waals surface area contributed by atoms with E-state index in [1.54, 1.807) is 0 Å². The average molecular weight is 234 g/mol. The summed E-state index contributed by atoms with van der Waals surface area (Å²) < 4.78 is 0. The molecular formula is C10H20BrN. The van der Waals surface area contributed by atoms with Gasteiger partial charge in [0.25, 0.3) is 0 Å². The SMILES string of the molecule is CCC(CBr)CN1CCCCC1. The van der Waals surface area contributed by atoms with Crippen LogP contribution in [0.4, 0.5) is 0 Å². The number of likely N-dealkylation sites (tertiary alicyclic amines) is 1. The van der Waals surface area contributed by atoms with Gasteiger partial charge in [0, 0.05) is 11.9 Å². The van der Waals surface area contributed by atoms with Crippen molar-refractivity contribution in [3.05, 3.63) is 0 Å². The van der Waals surface area contributed by atoms with Crippen LogP contribution >= 0.6 is 15.9 Å². The van der Waals surface area contributed by atoms with Crippen molar-refractivity contribution in [1.29, 1.82) is 0 Å². The fraction of sp³-hybridized carbons (Fsp3) is 1.00. The van der Waals surface area contributed by atoms with Gasteiger partial charge >= 0.3 is 0 Å². The van der Waals surface area contributed by atoms with Crippen molar-refractivity contribution in [3.8, 4) is 0 Å². The summed E-state index contributed by atoms with van der Waals surface area (Å²) in [6.45, 7) is 6.27. The molecule has 1 atom stereocenters. The molecule has 1 fully saturated rings. The molecule has 1 rings (SSSR count). The Kier molecular flexibility index (Phi) is 5.24. The summed E-state index contributed by atoms with van der Waals surface area (Å²) >= 11 is 3.58. The van der Waals surface area contributed by atoms with Crippen molar-refractivity contribution in [2.75, 3.05) is 25.0 Å². The summed E-state index contributed by atoms with van der Waals surface area (Å²) in [4.78, 5) is 2.62. The molecule has 0 aromatic carbocycles. The fourth-order valence-electron chi connectivity index (χ4n) is 1.79. The number of alkyl halides is 1. The van der Waals surface area contributed by atoms with Gasteiger partial charge in [0.15, 0.2) is 0 Å². The van der Waals surface area contributed by atoms with Crippen molar-refractivity contribution < 1.29 is 0 Å². The van der Waals surface area contributed by atoms with E-state index < -0.39 is 0 Å². The molecule has 0 radical (unpaired) electrons. The predicted molar refractivity (Wildman–Crippen MR) is 57.9 cm³/mol. The van der Waals surface area contributed by atoms with E-state index in [0.29, 0.717) is 0 Å². The third-order valence-corrected chi connectivity index (χ3v) is 3.68. The molecule has 1 saturated heterocycles. The second kappa shape index (κ2) is 5.98. The number of hydrogen-bond acceptors (Lipinski definition) is 1. The van der Waals surface area contributed by atoms with Gasteiger partial charge in [0.2, 0.25) is 0 Å². The van der Waals surface area contributed by atoms with Crippen molar-refractivity contribution >= 4 is 15.9 Å². The predicted octanol–water partition coefficient (Wildman–Crippen LogP) is 2.89. The molecule has 0 aromatic rings. The van der Waals surface area contributed by atoms with E-state index in [2.05, 4.69) is 27.8 Å². The molecule has 1 nitrogen and oxygen atoms in total. The lowest BCUT2D eigenvalue weighted by molar-refractivity contribution is 0.201. The van der Waals surface area contributed by atoms with Crippen LogP contribution in [0.15, 0.2) is 0 Å². The van der Waals surface area contributed by atoms with Crippen LogP contribution in [0.2, 0.25) is 0 Å². The monoisotopic (exact) mass is 233 g/mol. The van der Waals surface area contributed by atoms with Gasteiger partial charge < -0.3 is 4.90 Å². The van der Waals surface area contributed by atoms with Crippen molar-refractivity contribution in [2.45, 2.75) is 32.6 Å². The number of hydrogen-bond donors (Lipinski definition) is 0. The molecule has 0 N–H and O–H groups in total. The standard InChI is InChI=1S/C10H20BrN/c1-2-10(8-11)9-12-6-4-3-5-7-12/h10H,2-9H2,1H3. The Morgan fingerprint density at radius 2 is 1.92 bits per heavy atom. The second-order valence-electron chi connectivity index (χ2n) is 3.79. The lowest BCUT2D eigenvalue weighted by Crippen LogP contribution is -2.34. The van der Waals surface area contributed by atoms with Gasteiger partial charge in [-0.3, -0.25) is 0 Å². The first-order valence-corrected chi connectivity index (χ1v) is 6.27. The van der Waals surface area contributed by atoms with Gasteiger partial charge in [-0.25, -0.2) is 0 Å². The molecule has 0 aromatic heterocycles. The van der Waals surface area contributed by atoms with Gasteiger partial charge in [0.05, 0.1) is 0 Å².